The quantitative estimate of drug-likeness (QED) is 0.778. The molecule has 1 heterocycles. The van der Waals surface area contributed by atoms with Crippen molar-refractivity contribution in [2.24, 2.45) is 0 Å². The second-order valence-corrected chi connectivity index (χ2v) is 5.97. The predicted molar refractivity (Wildman–Crippen MR) is 51.6 cm³/mol. The molecule has 14 heavy (non-hydrogen) atoms. The Bertz CT molecular complexity index is 414. The van der Waals surface area contributed by atoms with Crippen LogP contribution in [0.15, 0.2) is 17.3 Å². The van der Waals surface area contributed by atoms with Crippen LogP contribution in [0.2, 0.25) is 0 Å². The van der Waals surface area contributed by atoms with E-state index in [9.17, 15) is 13.5 Å². The second kappa shape index (κ2) is 3.36. The van der Waals surface area contributed by atoms with Gasteiger partial charge in [0.25, 0.3) is 0 Å². The van der Waals surface area contributed by atoms with Crippen LogP contribution in [0.4, 0.5) is 0 Å². The zero-order valence-corrected chi connectivity index (χ0v) is 9.24. The van der Waals surface area contributed by atoms with Crippen LogP contribution in [0.1, 0.15) is 13.8 Å². The van der Waals surface area contributed by atoms with Gasteiger partial charge in [-0.2, -0.15) is 5.10 Å². The first-order valence-corrected chi connectivity index (χ1v) is 6.02. The summed E-state index contributed by atoms with van der Waals surface area (Å²) in [7, 11) is -3.20. The van der Waals surface area contributed by atoms with Gasteiger partial charge in [0, 0.05) is 12.5 Å². The van der Waals surface area contributed by atoms with Gasteiger partial charge >= 0.3 is 0 Å². The first kappa shape index (κ1) is 11.2. The van der Waals surface area contributed by atoms with E-state index >= 15 is 0 Å². The Labute approximate surface area is 83.3 Å². The summed E-state index contributed by atoms with van der Waals surface area (Å²) in [5.41, 5.74) is -0.902. The minimum atomic E-state index is -3.20. The number of nitrogens with zero attached hydrogens (tertiary/aromatic N) is 2. The summed E-state index contributed by atoms with van der Waals surface area (Å²) >= 11 is 0. The fourth-order valence-corrected chi connectivity index (χ4v) is 1.57. The molecule has 6 heteroatoms. The highest BCUT2D eigenvalue weighted by atomic mass is 32.2. The van der Waals surface area contributed by atoms with Crippen LogP contribution >= 0.6 is 0 Å². The number of aliphatic hydroxyl groups is 1. The summed E-state index contributed by atoms with van der Waals surface area (Å²) < 4.78 is 23.6. The molecule has 1 N–H and O–H groups in total. The molecule has 0 aliphatic heterocycles. The number of hydrogen-bond acceptors (Lipinski definition) is 4. The van der Waals surface area contributed by atoms with Gasteiger partial charge < -0.3 is 5.11 Å². The predicted octanol–water partition coefficient (Wildman–Crippen LogP) is 0.0575. The molecule has 1 aromatic heterocycles. The molecular weight excluding hydrogens is 204 g/mol. The maximum absolute atomic E-state index is 11.1. The summed E-state index contributed by atoms with van der Waals surface area (Å²) in [6, 6.07) is 0. The molecule has 0 bridgehead atoms. The molecule has 80 valence electrons. The Hall–Kier alpha value is -0.880. The Morgan fingerprint density at radius 1 is 1.57 bits per heavy atom. The molecule has 0 radical (unpaired) electrons. The highest BCUT2D eigenvalue weighted by Gasteiger charge is 2.16. The second-order valence-electron chi connectivity index (χ2n) is 3.96. The van der Waals surface area contributed by atoms with Crippen molar-refractivity contribution >= 4 is 9.84 Å². The van der Waals surface area contributed by atoms with Gasteiger partial charge in [0.2, 0.25) is 0 Å². The standard InChI is InChI=1S/C8H14N2O3S/c1-8(2,11)6-10-5-7(4-9-10)14(3,12)13/h4-5,11H,6H2,1-3H3. The van der Waals surface area contributed by atoms with Gasteiger partial charge in [-0.1, -0.05) is 0 Å². The van der Waals surface area contributed by atoms with Crippen molar-refractivity contribution in [3.63, 3.8) is 0 Å². The summed E-state index contributed by atoms with van der Waals surface area (Å²) in [5, 5.41) is 13.3. The molecule has 1 aromatic rings. The fourth-order valence-electron chi connectivity index (χ4n) is 1.02. The lowest BCUT2D eigenvalue weighted by Gasteiger charge is -2.16. The van der Waals surface area contributed by atoms with Crippen molar-refractivity contribution in [2.45, 2.75) is 30.9 Å². The van der Waals surface area contributed by atoms with Crippen molar-refractivity contribution in [3.05, 3.63) is 12.4 Å². The van der Waals surface area contributed by atoms with Gasteiger partial charge in [0.05, 0.1) is 18.3 Å². The monoisotopic (exact) mass is 218 g/mol. The zero-order valence-electron chi connectivity index (χ0n) is 8.43. The lowest BCUT2D eigenvalue weighted by atomic mass is 10.1. The molecule has 0 saturated carbocycles. The van der Waals surface area contributed by atoms with Gasteiger partial charge in [-0.25, -0.2) is 8.42 Å². The van der Waals surface area contributed by atoms with Crippen molar-refractivity contribution in [1.82, 2.24) is 9.78 Å². The molecule has 0 aromatic carbocycles. The van der Waals surface area contributed by atoms with Crippen molar-refractivity contribution in [3.8, 4) is 0 Å². The maximum atomic E-state index is 11.1. The van der Waals surface area contributed by atoms with Crippen LogP contribution in [0.5, 0.6) is 0 Å². The number of rotatable bonds is 3. The van der Waals surface area contributed by atoms with E-state index in [0.717, 1.165) is 6.26 Å². The summed E-state index contributed by atoms with van der Waals surface area (Å²) in [6.45, 7) is 3.53. The topological polar surface area (TPSA) is 72.2 Å². The largest absolute Gasteiger partial charge is 0.389 e. The fraction of sp³-hybridized carbons (Fsp3) is 0.625. The average molecular weight is 218 g/mol. The Morgan fingerprint density at radius 2 is 2.14 bits per heavy atom. The van der Waals surface area contributed by atoms with Crippen molar-refractivity contribution < 1.29 is 13.5 Å². The minimum absolute atomic E-state index is 0.168. The van der Waals surface area contributed by atoms with E-state index in [2.05, 4.69) is 5.10 Å². The lowest BCUT2D eigenvalue weighted by molar-refractivity contribution is 0.0577. The molecule has 5 nitrogen and oxygen atoms in total. The van der Waals surface area contributed by atoms with Gasteiger partial charge in [-0.05, 0) is 13.8 Å². The van der Waals surface area contributed by atoms with Gasteiger partial charge in [-0.15, -0.1) is 0 Å². The van der Waals surface area contributed by atoms with Crippen LogP contribution < -0.4 is 0 Å². The first-order valence-electron chi connectivity index (χ1n) is 4.13. The summed E-state index contributed by atoms with van der Waals surface area (Å²) in [4.78, 5) is 0.168. The van der Waals surface area contributed by atoms with Crippen LogP contribution in [0.3, 0.4) is 0 Å². The zero-order chi connectivity index (χ0) is 11.0. The Balaban J connectivity index is 2.90. The SMILES string of the molecule is CC(C)(O)Cn1cc(S(C)(=O)=O)cn1. The highest BCUT2D eigenvalue weighted by Crippen LogP contribution is 2.09. The van der Waals surface area contributed by atoms with E-state index < -0.39 is 15.4 Å². The smallest absolute Gasteiger partial charge is 0.178 e. The van der Waals surface area contributed by atoms with E-state index in [1.54, 1.807) is 13.8 Å². The number of hydrogen-bond donors (Lipinski definition) is 1. The number of sulfone groups is 1. The van der Waals surface area contributed by atoms with Crippen LogP contribution in [-0.2, 0) is 16.4 Å². The van der Waals surface area contributed by atoms with E-state index in [1.807, 2.05) is 0 Å². The Morgan fingerprint density at radius 3 is 2.50 bits per heavy atom. The minimum Gasteiger partial charge on any atom is -0.389 e. The molecule has 0 aliphatic rings. The highest BCUT2D eigenvalue weighted by molar-refractivity contribution is 7.90. The maximum Gasteiger partial charge on any atom is 0.178 e. The van der Waals surface area contributed by atoms with E-state index in [4.69, 9.17) is 0 Å². The van der Waals surface area contributed by atoms with Gasteiger partial charge in [-0.3, -0.25) is 4.68 Å². The molecule has 1 rings (SSSR count). The third kappa shape index (κ3) is 3.12. The summed E-state index contributed by atoms with van der Waals surface area (Å²) in [6.07, 6.45) is 3.81. The lowest BCUT2D eigenvalue weighted by Crippen LogP contribution is -2.26. The molecule has 0 saturated heterocycles. The Kier molecular flexibility index (Phi) is 2.69. The van der Waals surface area contributed by atoms with Crippen LogP contribution in [-0.4, -0.2) is 35.2 Å². The molecule has 0 atom stereocenters. The molecule has 0 unspecified atom stereocenters. The van der Waals surface area contributed by atoms with Gasteiger partial charge in [0.1, 0.15) is 4.90 Å². The van der Waals surface area contributed by atoms with E-state index in [0.29, 0.717) is 0 Å². The molecule has 0 amide bonds. The summed E-state index contributed by atoms with van der Waals surface area (Å²) in [5.74, 6) is 0. The molecular formula is C8H14N2O3S. The number of aromatic nitrogens is 2. The van der Waals surface area contributed by atoms with Crippen molar-refractivity contribution in [1.29, 1.82) is 0 Å². The third-order valence-electron chi connectivity index (χ3n) is 1.59. The van der Waals surface area contributed by atoms with E-state index in [-0.39, 0.29) is 11.4 Å². The normalized spacial score (nSPS) is 13.1. The first-order chi connectivity index (χ1) is 6.18. The van der Waals surface area contributed by atoms with E-state index in [1.165, 1.54) is 17.1 Å². The van der Waals surface area contributed by atoms with Crippen LogP contribution in [0.25, 0.3) is 0 Å². The molecule has 0 aliphatic carbocycles. The van der Waals surface area contributed by atoms with Crippen LogP contribution in [0, 0.1) is 0 Å². The average Bonchev–Trinajstić information content (AvgIpc) is 2.29. The van der Waals surface area contributed by atoms with Gasteiger partial charge in [0.15, 0.2) is 9.84 Å². The third-order valence-corrected chi connectivity index (χ3v) is 2.65. The van der Waals surface area contributed by atoms with Crippen molar-refractivity contribution in [2.75, 3.05) is 6.26 Å². The molecule has 0 spiro atoms. The molecule has 0 fully saturated rings.